The molecule has 1 heterocycles. The van der Waals surface area contributed by atoms with Gasteiger partial charge in [0.1, 0.15) is 0 Å². The van der Waals surface area contributed by atoms with Crippen LogP contribution in [0.3, 0.4) is 0 Å². The standard InChI is InChI=1S/C11H22N2O/c1-2-9-14-10-5-8-13-7-4-3-6-11(13)12/h12H,2-10H2,1H3. The Labute approximate surface area is 86.9 Å². The molecule has 0 aromatic carbocycles. The molecule has 0 spiro atoms. The Morgan fingerprint density at radius 2 is 2.21 bits per heavy atom. The van der Waals surface area contributed by atoms with E-state index in [4.69, 9.17) is 10.1 Å². The van der Waals surface area contributed by atoms with Gasteiger partial charge in [0.15, 0.2) is 0 Å². The van der Waals surface area contributed by atoms with Gasteiger partial charge < -0.3 is 9.64 Å². The fourth-order valence-electron chi connectivity index (χ4n) is 1.74. The van der Waals surface area contributed by atoms with Gasteiger partial charge in [-0.15, -0.1) is 0 Å². The summed E-state index contributed by atoms with van der Waals surface area (Å²) in [5.41, 5.74) is 0. The monoisotopic (exact) mass is 198 g/mol. The molecule has 0 bridgehead atoms. The Bertz CT molecular complexity index is 171. The lowest BCUT2D eigenvalue weighted by atomic mass is 10.1. The molecular weight excluding hydrogens is 176 g/mol. The minimum Gasteiger partial charge on any atom is -0.381 e. The summed E-state index contributed by atoms with van der Waals surface area (Å²) in [6.07, 6.45) is 5.57. The highest BCUT2D eigenvalue weighted by atomic mass is 16.5. The van der Waals surface area contributed by atoms with Crippen LogP contribution in [0.15, 0.2) is 0 Å². The van der Waals surface area contributed by atoms with Gasteiger partial charge in [-0.1, -0.05) is 6.92 Å². The highest BCUT2D eigenvalue weighted by molar-refractivity contribution is 5.79. The average molecular weight is 198 g/mol. The highest BCUT2D eigenvalue weighted by Gasteiger charge is 2.13. The van der Waals surface area contributed by atoms with E-state index in [0.717, 1.165) is 51.4 Å². The topological polar surface area (TPSA) is 36.3 Å². The number of nitrogens with one attached hydrogen (secondary N) is 1. The van der Waals surface area contributed by atoms with Crippen LogP contribution < -0.4 is 0 Å². The van der Waals surface area contributed by atoms with E-state index >= 15 is 0 Å². The summed E-state index contributed by atoms with van der Waals surface area (Å²) >= 11 is 0. The van der Waals surface area contributed by atoms with E-state index in [1.807, 2.05) is 0 Å². The van der Waals surface area contributed by atoms with Crippen LogP contribution in [0.4, 0.5) is 0 Å². The fourth-order valence-corrected chi connectivity index (χ4v) is 1.74. The molecule has 0 atom stereocenters. The lowest BCUT2D eigenvalue weighted by molar-refractivity contribution is 0.126. The molecule has 0 amide bonds. The molecule has 0 aromatic heterocycles. The predicted molar refractivity (Wildman–Crippen MR) is 58.9 cm³/mol. The van der Waals surface area contributed by atoms with Crippen molar-refractivity contribution in [1.29, 1.82) is 5.41 Å². The number of ether oxygens (including phenoxy) is 1. The molecule has 1 fully saturated rings. The van der Waals surface area contributed by atoms with E-state index in [2.05, 4.69) is 11.8 Å². The summed E-state index contributed by atoms with van der Waals surface area (Å²) in [4.78, 5) is 2.19. The number of hydrogen-bond acceptors (Lipinski definition) is 2. The van der Waals surface area contributed by atoms with Crippen LogP contribution in [0.5, 0.6) is 0 Å². The van der Waals surface area contributed by atoms with Gasteiger partial charge in [-0.25, -0.2) is 0 Å². The number of nitrogens with zero attached hydrogens (tertiary/aromatic N) is 1. The second kappa shape index (κ2) is 6.82. The van der Waals surface area contributed by atoms with Gasteiger partial charge in [0, 0.05) is 32.7 Å². The summed E-state index contributed by atoms with van der Waals surface area (Å²) in [5.74, 6) is 0.826. The first kappa shape index (κ1) is 11.5. The predicted octanol–water partition coefficient (Wildman–Crippen LogP) is 2.27. The molecule has 1 N–H and O–H groups in total. The smallest absolute Gasteiger partial charge is 0.0957 e. The van der Waals surface area contributed by atoms with Crippen LogP contribution in [-0.4, -0.2) is 37.0 Å². The van der Waals surface area contributed by atoms with Crippen molar-refractivity contribution in [3.05, 3.63) is 0 Å². The molecule has 1 rings (SSSR count). The molecule has 3 heteroatoms. The van der Waals surface area contributed by atoms with E-state index in [9.17, 15) is 0 Å². The molecular formula is C11H22N2O. The van der Waals surface area contributed by atoms with Gasteiger partial charge in [-0.3, -0.25) is 5.41 Å². The van der Waals surface area contributed by atoms with E-state index in [1.165, 1.54) is 12.8 Å². The van der Waals surface area contributed by atoms with Crippen LogP contribution in [0.2, 0.25) is 0 Å². The number of likely N-dealkylation sites (tertiary alicyclic amines) is 1. The van der Waals surface area contributed by atoms with Crippen molar-refractivity contribution < 1.29 is 4.74 Å². The second-order valence-corrected chi connectivity index (χ2v) is 3.86. The van der Waals surface area contributed by atoms with Crippen molar-refractivity contribution in [3.8, 4) is 0 Å². The van der Waals surface area contributed by atoms with Crippen LogP contribution in [0.1, 0.15) is 39.0 Å². The molecule has 0 aromatic rings. The van der Waals surface area contributed by atoms with Crippen LogP contribution in [0, 0.1) is 5.41 Å². The first-order valence-electron chi connectivity index (χ1n) is 5.74. The van der Waals surface area contributed by atoms with Gasteiger partial charge in [-0.05, 0) is 25.7 Å². The van der Waals surface area contributed by atoms with Crippen LogP contribution >= 0.6 is 0 Å². The second-order valence-electron chi connectivity index (χ2n) is 3.86. The van der Waals surface area contributed by atoms with Crippen molar-refractivity contribution in [3.63, 3.8) is 0 Å². The molecule has 1 aliphatic rings. The fraction of sp³-hybridized carbons (Fsp3) is 0.909. The first-order valence-corrected chi connectivity index (χ1v) is 5.74. The van der Waals surface area contributed by atoms with Crippen molar-refractivity contribution in [2.75, 3.05) is 26.3 Å². The van der Waals surface area contributed by atoms with Gasteiger partial charge in [0.05, 0.1) is 5.84 Å². The number of rotatable bonds is 6. The molecule has 1 saturated heterocycles. The molecule has 1 aliphatic heterocycles. The van der Waals surface area contributed by atoms with E-state index < -0.39 is 0 Å². The summed E-state index contributed by atoms with van der Waals surface area (Å²) in [5, 5.41) is 7.75. The molecule has 14 heavy (non-hydrogen) atoms. The van der Waals surface area contributed by atoms with Gasteiger partial charge >= 0.3 is 0 Å². The summed E-state index contributed by atoms with van der Waals surface area (Å²) in [6, 6.07) is 0. The molecule has 0 radical (unpaired) electrons. The molecule has 0 unspecified atom stereocenters. The average Bonchev–Trinajstić information content (AvgIpc) is 2.20. The maximum Gasteiger partial charge on any atom is 0.0957 e. The van der Waals surface area contributed by atoms with E-state index in [1.54, 1.807) is 0 Å². The molecule has 0 aliphatic carbocycles. The molecule has 3 nitrogen and oxygen atoms in total. The van der Waals surface area contributed by atoms with E-state index in [0.29, 0.717) is 0 Å². The van der Waals surface area contributed by atoms with Gasteiger partial charge in [-0.2, -0.15) is 0 Å². The zero-order valence-corrected chi connectivity index (χ0v) is 9.22. The van der Waals surface area contributed by atoms with Gasteiger partial charge in [0.2, 0.25) is 0 Å². The van der Waals surface area contributed by atoms with Crippen molar-refractivity contribution >= 4 is 5.84 Å². The third-order valence-electron chi connectivity index (χ3n) is 2.54. The molecule has 82 valence electrons. The minimum atomic E-state index is 0.826. The maximum atomic E-state index is 7.75. The van der Waals surface area contributed by atoms with E-state index in [-0.39, 0.29) is 0 Å². The molecule has 0 saturated carbocycles. The number of piperidine rings is 1. The van der Waals surface area contributed by atoms with Crippen LogP contribution in [-0.2, 0) is 4.74 Å². The zero-order valence-electron chi connectivity index (χ0n) is 9.22. The normalized spacial score (nSPS) is 17.5. The Hall–Kier alpha value is -0.570. The largest absolute Gasteiger partial charge is 0.381 e. The SMILES string of the molecule is CCCOCCCN1CCCCC1=N. The Morgan fingerprint density at radius 1 is 1.36 bits per heavy atom. The summed E-state index contributed by atoms with van der Waals surface area (Å²) < 4.78 is 5.41. The third kappa shape index (κ3) is 4.09. The Kier molecular flexibility index (Phi) is 5.60. The van der Waals surface area contributed by atoms with Crippen molar-refractivity contribution in [2.24, 2.45) is 0 Å². The quantitative estimate of drug-likeness (QED) is 0.665. The van der Waals surface area contributed by atoms with Crippen LogP contribution in [0.25, 0.3) is 0 Å². The minimum absolute atomic E-state index is 0.826. The van der Waals surface area contributed by atoms with Gasteiger partial charge in [0.25, 0.3) is 0 Å². The third-order valence-corrected chi connectivity index (χ3v) is 2.54. The Morgan fingerprint density at radius 3 is 2.93 bits per heavy atom. The first-order chi connectivity index (χ1) is 6.84. The van der Waals surface area contributed by atoms with Crippen molar-refractivity contribution in [2.45, 2.75) is 39.0 Å². The summed E-state index contributed by atoms with van der Waals surface area (Å²) in [7, 11) is 0. The zero-order chi connectivity index (χ0) is 10.2. The Balaban J connectivity index is 2.02. The lowest BCUT2D eigenvalue weighted by Gasteiger charge is -2.29. The lowest BCUT2D eigenvalue weighted by Crippen LogP contribution is -2.35. The number of amidine groups is 1. The summed E-state index contributed by atoms with van der Waals surface area (Å²) in [6.45, 7) is 5.92. The maximum absolute atomic E-state index is 7.75. The van der Waals surface area contributed by atoms with Crippen molar-refractivity contribution in [1.82, 2.24) is 4.90 Å². The highest BCUT2D eigenvalue weighted by Crippen LogP contribution is 2.10. The number of hydrogen-bond donors (Lipinski definition) is 1.